The van der Waals surface area contributed by atoms with E-state index in [1.165, 1.54) is 6.42 Å². The lowest BCUT2D eigenvalue weighted by molar-refractivity contribution is -0.0420. The minimum absolute atomic E-state index is 0.500. The molecule has 0 aromatic carbocycles. The van der Waals surface area contributed by atoms with Crippen LogP contribution in [-0.2, 0) is 4.74 Å². The third-order valence-corrected chi connectivity index (χ3v) is 2.85. The number of ether oxygens (including phenoxy) is 1. The summed E-state index contributed by atoms with van der Waals surface area (Å²) in [7, 11) is 1.66. The van der Waals surface area contributed by atoms with Crippen LogP contribution < -0.4 is 0 Å². The van der Waals surface area contributed by atoms with E-state index in [0.29, 0.717) is 6.61 Å². The van der Waals surface area contributed by atoms with Crippen LogP contribution in [0.5, 0.6) is 0 Å². The first-order chi connectivity index (χ1) is 5.66. The molecule has 0 heterocycles. The Kier molecular flexibility index (Phi) is 3.53. The molecule has 1 aliphatic carbocycles. The third kappa shape index (κ3) is 2.76. The Bertz CT molecular complexity index is 136. The highest BCUT2D eigenvalue weighted by Crippen LogP contribution is 2.30. The molecule has 0 spiro atoms. The summed E-state index contributed by atoms with van der Waals surface area (Å²) in [4.78, 5) is 0. The molecule has 2 unspecified atom stereocenters. The molecule has 2 nitrogen and oxygen atoms in total. The summed E-state index contributed by atoms with van der Waals surface area (Å²) in [5.41, 5.74) is -0.528. The van der Waals surface area contributed by atoms with Gasteiger partial charge in [-0.3, -0.25) is 0 Å². The SMILES string of the molecule is COCC1(O)CCCC(C)CC1. The summed E-state index contributed by atoms with van der Waals surface area (Å²) in [5.74, 6) is 0.774. The fraction of sp³-hybridized carbons (Fsp3) is 1.00. The third-order valence-electron chi connectivity index (χ3n) is 2.85. The van der Waals surface area contributed by atoms with Gasteiger partial charge in [0.2, 0.25) is 0 Å². The molecule has 12 heavy (non-hydrogen) atoms. The van der Waals surface area contributed by atoms with Gasteiger partial charge in [0.15, 0.2) is 0 Å². The van der Waals surface area contributed by atoms with Gasteiger partial charge in [-0.25, -0.2) is 0 Å². The van der Waals surface area contributed by atoms with E-state index < -0.39 is 5.60 Å². The molecular weight excluding hydrogens is 152 g/mol. The lowest BCUT2D eigenvalue weighted by atomic mass is 9.95. The van der Waals surface area contributed by atoms with Crippen LogP contribution in [0.4, 0.5) is 0 Å². The number of aliphatic hydroxyl groups is 1. The van der Waals surface area contributed by atoms with Gasteiger partial charge in [-0.2, -0.15) is 0 Å². The van der Waals surface area contributed by atoms with Gasteiger partial charge in [0, 0.05) is 7.11 Å². The molecule has 0 aliphatic heterocycles. The van der Waals surface area contributed by atoms with Crippen molar-refractivity contribution < 1.29 is 9.84 Å². The van der Waals surface area contributed by atoms with E-state index in [1.807, 2.05) is 0 Å². The van der Waals surface area contributed by atoms with Crippen LogP contribution in [0.15, 0.2) is 0 Å². The number of rotatable bonds is 2. The molecule has 0 aromatic rings. The zero-order valence-corrected chi connectivity index (χ0v) is 8.18. The van der Waals surface area contributed by atoms with Gasteiger partial charge in [-0.1, -0.05) is 19.8 Å². The average Bonchev–Trinajstić information content (AvgIpc) is 2.15. The van der Waals surface area contributed by atoms with E-state index >= 15 is 0 Å². The zero-order valence-electron chi connectivity index (χ0n) is 8.18. The van der Waals surface area contributed by atoms with Crippen molar-refractivity contribution in [1.82, 2.24) is 0 Å². The van der Waals surface area contributed by atoms with Crippen molar-refractivity contribution >= 4 is 0 Å². The summed E-state index contributed by atoms with van der Waals surface area (Å²) < 4.78 is 5.03. The molecule has 1 N–H and O–H groups in total. The predicted molar refractivity (Wildman–Crippen MR) is 49.1 cm³/mol. The van der Waals surface area contributed by atoms with Crippen LogP contribution in [0.2, 0.25) is 0 Å². The number of hydrogen-bond donors (Lipinski definition) is 1. The minimum Gasteiger partial charge on any atom is -0.387 e. The lowest BCUT2D eigenvalue weighted by Crippen LogP contribution is -2.33. The van der Waals surface area contributed by atoms with Gasteiger partial charge in [0.05, 0.1) is 12.2 Å². The quantitative estimate of drug-likeness (QED) is 0.645. The molecule has 0 radical (unpaired) electrons. The van der Waals surface area contributed by atoms with Crippen molar-refractivity contribution in [2.45, 2.75) is 44.6 Å². The van der Waals surface area contributed by atoms with Crippen LogP contribution in [0.25, 0.3) is 0 Å². The lowest BCUT2D eigenvalue weighted by Gasteiger charge is -2.25. The first-order valence-electron chi connectivity index (χ1n) is 4.88. The summed E-state index contributed by atoms with van der Waals surface area (Å²) in [6, 6.07) is 0. The Morgan fingerprint density at radius 3 is 2.83 bits per heavy atom. The van der Waals surface area contributed by atoms with Gasteiger partial charge in [-0.05, 0) is 25.2 Å². The Morgan fingerprint density at radius 2 is 2.17 bits per heavy atom. The van der Waals surface area contributed by atoms with Crippen LogP contribution in [-0.4, -0.2) is 24.4 Å². The largest absolute Gasteiger partial charge is 0.387 e. The van der Waals surface area contributed by atoms with E-state index in [0.717, 1.165) is 31.6 Å². The van der Waals surface area contributed by atoms with Crippen molar-refractivity contribution in [3.05, 3.63) is 0 Å². The topological polar surface area (TPSA) is 29.5 Å². The second-order valence-corrected chi connectivity index (χ2v) is 4.19. The van der Waals surface area contributed by atoms with Crippen molar-refractivity contribution in [3.8, 4) is 0 Å². The molecule has 0 amide bonds. The van der Waals surface area contributed by atoms with Gasteiger partial charge in [0.1, 0.15) is 0 Å². The molecule has 1 rings (SSSR count). The highest BCUT2D eigenvalue weighted by molar-refractivity contribution is 4.81. The van der Waals surface area contributed by atoms with Crippen molar-refractivity contribution in [3.63, 3.8) is 0 Å². The summed E-state index contributed by atoms with van der Waals surface area (Å²) in [5, 5.41) is 10.0. The van der Waals surface area contributed by atoms with Gasteiger partial charge < -0.3 is 9.84 Å². The average molecular weight is 172 g/mol. The molecule has 2 atom stereocenters. The highest BCUT2D eigenvalue weighted by atomic mass is 16.5. The van der Waals surface area contributed by atoms with E-state index in [2.05, 4.69) is 6.92 Å². The molecule has 1 fully saturated rings. The van der Waals surface area contributed by atoms with Gasteiger partial charge in [0.25, 0.3) is 0 Å². The first-order valence-corrected chi connectivity index (χ1v) is 4.88. The molecule has 0 saturated heterocycles. The first kappa shape index (κ1) is 10.0. The zero-order chi connectivity index (χ0) is 9.03. The van der Waals surface area contributed by atoms with E-state index in [4.69, 9.17) is 4.74 Å². The van der Waals surface area contributed by atoms with E-state index in [1.54, 1.807) is 7.11 Å². The summed E-state index contributed by atoms with van der Waals surface area (Å²) in [6.45, 7) is 2.76. The van der Waals surface area contributed by atoms with Crippen LogP contribution >= 0.6 is 0 Å². The van der Waals surface area contributed by atoms with Crippen LogP contribution in [0.3, 0.4) is 0 Å². The minimum atomic E-state index is -0.528. The molecule has 0 bridgehead atoms. The number of methoxy groups -OCH3 is 1. The van der Waals surface area contributed by atoms with Crippen molar-refractivity contribution in [2.75, 3.05) is 13.7 Å². The fourth-order valence-electron chi connectivity index (χ4n) is 1.98. The highest BCUT2D eigenvalue weighted by Gasteiger charge is 2.29. The number of hydrogen-bond acceptors (Lipinski definition) is 2. The maximum Gasteiger partial charge on any atom is 0.0880 e. The van der Waals surface area contributed by atoms with E-state index in [9.17, 15) is 5.11 Å². The molecule has 1 saturated carbocycles. The Morgan fingerprint density at radius 1 is 1.42 bits per heavy atom. The monoisotopic (exact) mass is 172 g/mol. The normalized spacial score (nSPS) is 37.8. The molecule has 1 aliphatic rings. The Hall–Kier alpha value is -0.0800. The smallest absolute Gasteiger partial charge is 0.0880 e. The second kappa shape index (κ2) is 4.24. The Labute approximate surface area is 74.9 Å². The maximum absolute atomic E-state index is 10.0. The van der Waals surface area contributed by atoms with E-state index in [-0.39, 0.29) is 0 Å². The van der Waals surface area contributed by atoms with Crippen LogP contribution in [0, 0.1) is 5.92 Å². The van der Waals surface area contributed by atoms with Gasteiger partial charge >= 0.3 is 0 Å². The fourth-order valence-corrected chi connectivity index (χ4v) is 1.98. The van der Waals surface area contributed by atoms with Crippen molar-refractivity contribution in [2.24, 2.45) is 5.92 Å². The Balaban J connectivity index is 2.43. The predicted octanol–water partition coefficient (Wildman–Crippen LogP) is 1.96. The van der Waals surface area contributed by atoms with Gasteiger partial charge in [-0.15, -0.1) is 0 Å². The molecule has 0 aromatic heterocycles. The summed E-state index contributed by atoms with van der Waals surface area (Å²) >= 11 is 0. The molecule has 72 valence electrons. The van der Waals surface area contributed by atoms with Crippen LogP contribution in [0.1, 0.15) is 39.0 Å². The summed E-state index contributed by atoms with van der Waals surface area (Å²) in [6.07, 6.45) is 5.35. The van der Waals surface area contributed by atoms with Crippen molar-refractivity contribution in [1.29, 1.82) is 0 Å². The second-order valence-electron chi connectivity index (χ2n) is 4.19. The molecule has 2 heteroatoms. The maximum atomic E-state index is 10.0. The molecular formula is C10H20O2. The standard InChI is InChI=1S/C10H20O2/c1-9-4-3-6-10(11,7-5-9)8-12-2/h9,11H,3-8H2,1-2H3.